The summed E-state index contributed by atoms with van der Waals surface area (Å²) in [5.74, 6) is 0. The second kappa shape index (κ2) is 16.7. The van der Waals surface area contributed by atoms with Crippen molar-refractivity contribution < 1.29 is 4.42 Å². The van der Waals surface area contributed by atoms with Crippen molar-refractivity contribution in [3.05, 3.63) is 269 Å². The number of hydrogen-bond donors (Lipinski definition) is 0. The highest BCUT2D eigenvalue weighted by molar-refractivity contribution is 6.13. The average Bonchev–Trinajstić information content (AvgIpc) is 4.03. The second-order valence-corrected chi connectivity index (χ2v) is 23.3. The maximum atomic E-state index is 7.29. The first kappa shape index (κ1) is 45.6. The van der Waals surface area contributed by atoms with Gasteiger partial charge in [-0.05, 0) is 125 Å². The van der Waals surface area contributed by atoms with Crippen LogP contribution in [0, 0.1) is 0 Å². The molecule has 0 N–H and O–H groups in total. The van der Waals surface area contributed by atoms with Crippen molar-refractivity contribution in [2.75, 3.05) is 4.90 Å². The van der Waals surface area contributed by atoms with Crippen molar-refractivity contribution in [3.8, 4) is 44.5 Å². The van der Waals surface area contributed by atoms with E-state index in [-0.39, 0.29) is 16.2 Å². The summed E-state index contributed by atoms with van der Waals surface area (Å²) in [5.41, 5.74) is 24.5. The average molecular weight is 956 g/mol. The molecule has 2 aliphatic rings. The lowest BCUT2D eigenvalue weighted by molar-refractivity contribution is 0.586. The highest BCUT2D eigenvalue weighted by Gasteiger charge is 2.47. The number of hydrogen-bond acceptors (Lipinski definition) is 2. The third-order valence-electron chi connectivity index (χ3n) is 16.5. The smallest absolute Gasteiger partial charge is 0.159 e. The van der Waals surface area contributed by atoms with Crippen LogP contribution in [0.25, 0.3) is 66.4 Å². The molecule has 0 atom stereocenters. The van der Waals surface area contributed by atoms with E-state index in [1.165, 1.54) is 77.9 Å². The van der Waals surface area contributed by atoms with Crippen LogP contribution in [0.15, 0.2) is 229 Å². The summed E-state index contributed by atoms with van der Waals surface area (Å²) in [6.07, 6.45) is 0. The minimum absolute atomic E-state index is 0.0406. The molecule has 0 aliphatic heterocycles. The van der Waals surface area contributed by atoms with Crippen LogP contribution in [0.1, 0.15) is 99.9 Å². The predicted octanol–water partition coefficient (Wildman–Crippen LogP) is 19.7. The van der Waals surface area contributed by atoms with Crippen LogP contribution in [0.3, 0.4) is 0 Å². The van der Waals surface area contributed by atoms with Gasteiger partial charge in [0.05, 0.1) is 11.1 Å². The van der Waals surface area contributed by atoms with Crippen LogP contribution in [0.4, 0.5) is 17.1 Å². The van der Waals surface area contributed by atoms with Gasteiger partial charge in [-0.3, -0.25) is 0 Å². The van der Waals surface area contributed by atoms with Gasteiger partial charge in [-0.15, -0.1) is 0 Å². The molecule has 10 aromatic carbocycles. The highest BCUT2D eigenvalue weighted by Crippen LogP contribution is 2.58. The summed E-state index contributed by atoms with van der Waals surface area (Å²) in [7, 11) is 0. The van der Waals surface area contributed by atoms with Gasteiger partial charge < -0.3 is 9.32 Å². The molecule has 2 aliphatic carbocycles. The first-order valence-electron chi connectivity index (χ1n) is 26.3. The van der Waals surface area contributed by atoms with E-state index in [0.29, 0.717) is 0 Å². The molecule has 0 radical (unpaired) electrons. The van der Waals surface area contributed by atoms with Crippen LogP contribution >= 0.6 is 0 Å². The summed E-state index contributed by atoms with van der Waals surface area (Å²) in [6, 6.07) is 83.9. The van der Waals surface area contributed by atoms with Gasteiger partial charge in [0.2, 0.25) is 0 Å². The third-order valence-corrected chi connectivity index (χ3v) is 16.5. The monoisotopic (exact) mass is 955 g/mol. The quantitative estimate of drug-likeness (QED) is 0.158. The minimum Gasteiger partial charge on any atom is -0.453 e. The van der Waals surface area contributed by atoms with Crippen molar-refractivity contribution >= 4 is 39.0 Å². The van der Waals surface area contributed by atoms with Crippen molar-refractivity contribution in [2.45, 2.75) is 77.0 Å². The number of anilines is 3. The largest absolute Gasteiger partial charge is 0.453 e. The van der Waals surface area contributed by atoms with E-state index in [1.807, 2.05) is 0 Å². The number of fused-ring (bicyclic) bond motifs is 9. The molecule has 2 heteroatoms. The van der Waals surface area contributed by atoms with E-state index in [9.17, 15) is 0 Å². The molecule has 0 bridgehead atoms. The Kier molecular flexibility index (Phi) is 10.3. The van der Waals surface area contributed by atoms with Gasteiger partial charge in [0.1, 0.15) is 5.58 Å². The molecule has 0 unspecified atom stereocenters. The zero-order valence-electron chi connectivity index (χ0n) is 43.7. The standard InChI is InChI=1S/C72H61NO/c1-69(2,3)51-37-40-58-59-41-38-52(70(4,5)6)44-65(59)72(64(58)43-51,49-33-29-47(30-34-49)46-19-11-9-12-20-46)50-35-31-48(32-36-50)55-24-17-25-60-61-26-18-28-66(68(61)74-67(55)60)73(53-21-13-10-14-22-53)54-39-42-57-56-23-15-16-27-62(56)71(7,8)63(57)45-54/h9-45H,1-8H3. The second-order valence-electron chi connectivity index (χ2n) is 23.3. The van der Waals surface area contributed by atoms with E-state index in [0.717, 1.165) is 50.1 Å². The lowest BCUT2D eigenvalue weighted by atomic mass is 9.66. The summed E-state index contributed by atoms with van der Waals surface area (Å²) in [4.78, 5) is 2.37. The fourth-order valence-electron chi connectivity index (χ4n) is 12.5. The molecule has 74 heavy (non-hydrogen) atoms. The van der Waals surface area contributed by atoms with Crippen LogP contribution in [0.2, 0.25) is 0 Å². The minimum atomic E-state index is -0.586. The third kappa shape index (κ3) is 6.98. The molecule has 0 spiro atoms. The van der Waals surface area contributed by atoms with Gasteiger partial charge in [-0.1, -0.05) is 250 Å². The zero-order chi connectivity index (χ0) is 50.7. The molecule has 2 nitrogen and oxygen atoms in total. The number of benzene rings is 10. The first-order valence-corrected chi connectivity index (χ1v) is 26.3. The topological polar surface area (TPSA) is 16.4 Å². The Hall–Kier alpha value is -8.20. The van der Waals surface area contributed by atoms with Crippen LogP contribution in [0.5, 0.6) is 0 Å². The normalized spacial score (nSPS) is 14.2. The number of nitrogens with zero attached hydrogens (tertiary/aromatic N) is 1. The predicted molar refractivity (Wildman–Crippen MR) is 312 cm³/mol. The van der Waals surface area contributed by atoms with Crippen molar-refractivity contribution in [3.63, 3.8) is 0 Å². The Morgan fingerprint density at radius 3 is 1.46 bits per heavy atom. The van der Waals surface area contributed by atoms with Crippen molar-refractivity contribution in [1.82, 2.24) is 0 Å². The van der Waals surface area contributed by atoms with Gasteiger partial charge in [0.15, 0.2) is 5.58 Å². The summed E-state index contributed by atoms with van der Waals surface area (Å²) in [6.45, 7) is 18.7. The van der Waals surface area contributed by atoms with Crippen molar-refractivity contribution in [2.24, 2.45) is 0 Å². The van der Waals surface area contributed by atoms with Gasteiger partial charge in [0, 0.05) is 33.1 Å². The first-order chi connectivity index (χ1) is 35.7. The number of para-hydroxylation sites is 3. The van der Waals surface area contributed by atoms with Crippen LogP contribution in [-0.2, 0) is 21.7 Å². The van der Waals surface area contributed by atoms with E-state index >= 15 is 0 Å². The Bertz CT molecular complexity index is 3910. The molecule has 0 saturated carbocycles. The molecule has 13 rings (SSSR count). The molecule has 1 heterocycles. The number of furan rings is 1. The number of rotatable bonds is 7. The van der Waals surface area contributed by atoms with Gasteiger partial charge in [0.25, 0.3) is 0 Å². The van der Waals surface area contributed by atoms with E-state index in [4.69, 9.17) is 4.42 Å². The van der Waals surface area contributed by atoms with E-state index in [1.54, 1.807) is 0 Å². The fraction of sp³-hybridized carbons (Fsp3) is 0.167. The fourth-order valence-corrected chi connectivity index (χ4v) is 12.5. The van der Waals surface area contributed by atoms with Gasteiger partial charge >= 0.3 is 0 Å². The summed E-state index contributed by atoms with van der Waals surface area (Å²) >= 11 is 0. The highest BCUT2D eigenvalue weighted by atomic mass is 16.3. The Balaban J connectivity index is 0.981. The SMILES string of the molecule is CC(C)(C)c1ccc2c(c1)C(c1ccc(-c3ccccc3)cc1)(c1ccc(-c3cccc4c3oc3c(N(c5ccccc5)c5ccc6c(c5)C(C)(C)c5ccccc5-6)cccc34)cc1)c1cc(C(C)(C)C)ccc1-2. The molecule has 360 valence electrons. The van der Waals surface area contributed by atoms with Gasteiger partial charge in [-0.2, -0.15) is 0 Å². The van der Waals surface area contributed by atoms with E-state index in [2.05, 4.69) is 285 Å². The van der Waals surface area contributed by atoms with E-state index < -0.39 is 5.41 Å². The zero-order valence-corrected chi connectivity index (χ0v) is 43.7. The lowest BCUT2D eigenvalue weighted by Gasteiger charge is -2.36. The molecule has 11 aromatic rings. The molecule has 0 amide bonds. The summed E-state index contributed by atoms with van der Waals surface area (Å²) in [5, 5.41) is 2.19. The molecule has 0 saturated heterocycles. The van der Waals surface area contributed by atoms with Crippen molar-refractivity contribution in [1.29, 1.82) is 0 Å². The van der Waals surface area contributed by atoms with Crippen LogP contribution < -0.4 is 4.90 Å². The molecule has 0 fully saturated rings. The maximum Gasteiger partial charge on any atom is 0.159 e. The summed E-state index contributed by atoms with van der Waals surface area (Å²) < 4.78 is 7.29. The van der Waals surface area contributed by atoms with Gasteiger partial charge in [-0.25, -0.2) is 0 Å². The Morgan fingerprint density at radius 2 is 0.838 bits per heavy atom. The maximum absolute atomic E-state index is 7.29. The molecule has 1 aromatic heterocycles. The Labute approximate surface area is 436 Å². The lowest BCUT2D eigenvalue weighted by Crippen LogP contribution is -2.29. The Morgan fingerprint density at radius 1 is 0.351 bits per heavy atom. The van der Waals surface area contributed by atoms with Crippen LogP contribution in [-0.4, -0.2) is 0 Å². The molecular weight excluding hydrogens is 895 g/mol. The molecular formula is C72H61NO.